The Hall–Kier alpha value is -2.07. The lowest BCUT2D eigenvalue weighted by atomic mass is 10.1. The molecule has 0 atom stereocenters. The van der Waals surface area contributed by atoms with Crippen molar-refractivity contribution < 1.29 is 14.3 Å². The minimum Gasteiger partial charge on any atom is -0.489 e. The van der Waals surface area contributed by atoms with Crippen molar-refractivity contribution in [2.24, 2.45) is 0 Å². The number of hydrogen-bond acceptors (Lipinski definition) is 4. The van der Waals surface area contributed by atoms with E-state index >= 15 is 0 Å². The van der Waals surface area contributed by atoms with Gasteiger partial charge in [-0.05, 0) is 44.5 Å². The van der Waals surface area contributed by atoms with E-state index < -0.39 is 5.60 Å². The first kappa shape index (κ1) is 14.3. The zero-order valence-corrected chi connectivity index (χ0v) is 11.8. The van der Waals surface area contributed by atoms with Crippen molar-refractivity contribution >= 4 is 11.0 Å². The molecular weight excluding hydrogens is 256 g/mol. The summed E-state index contributed by atoms with van der Waals surface area (Å²) >= 11 is 0. The Balaban J connectivity index is 2.20. The second-order valence-electron chi connectivity index (χ2n) is 5.28. The third-order valence-electron chi connectivity index (χ3n) is 2.78. The van der Waals surface area contributed by atoms with Gasteiger partial charge in [0.05, 0.1) is 5.60 Å². The van der Waals surface area contributed by atoms with Gasteiger partial charge in [0.15, 0.2) is 0 Å². The van der Waals surface area contributed by atoms with E-state index in [1.54, 1.807) is 38.1 Å². The van der Waals surface area contributed by atoms with Crippen molar-refractivity contribution in [3.05, 3.63) is 52.4 Å². The highest BCUT2D eigenvalue weighted by atomic mass is 16.5. The van der Waals surface area contributed by atoms with E-state index in [1.807, 2.05) is 13.0 Å². The minimum atomic E-state index is -0.853. The van der Waals surface area contributed by atoms with E-state index in [9.17, 15) is 9.90 Å². The largest absolute Gasteiger partial charge is 0.489 e. The van der Waals surface area contributed by atoms with Crippen LogP contribution >= 0.6 is 0 Å². The highest BCUT2D eigenvalue weighted by Crippen LogP contribution is 2.24. The average Bonchev–Trinajstić information content (AvgIpc) is 2.34. The van der Waals surface area contributed by atoms with Gasteiger partial charge in [-0.15, -0.1) is 0 Å². The number of fused-ring (bicyclic) bond motifs is 1. The van der Waals surface area contributed by atoms with E-state index in [2.05, 4.69) is 0 Å². The maximum atomic E-state index is 11.2. The highest BCUT2D eigenvalue weighted by Gasteiger charge is 2.07. The molecule has 0 aliphatic rings. The Bertz CT molecular complexity index is 690. The molecule has 20 heavy (non-hydrogen) atoms. The lowest BCUT2D eigenvalue weighted by Crippen LogP contribution is -2.14. The molecule has 0 aliphatic heterocycles. The quantitative estimate of drug-likeness (QED) is 0.688. The monoisotopic (exact) mass is 274 g/mol. The van der Waals surface area contributed by atoms with Crippen molar-refractivity contribution in [1.82, 2.24) is 0 Å². The van der Waals surface area contributed by atoms with Crippen molar-refractivity contribution in [2.45, 2.75) is 26.4 Å². The molecule has 0 aliphatic carbocycles. The van der Waals surface area contributed by atoms with Crippen molar-refractivity contribution in [1.29, 1.82) is 0 Å². The second-order valence-corrected chi connectivity index (χ2v) is 5.28. The number of hydrogen-bond donors (Lipinski definition) is 1. The zero-order valence-electron chi connectivity index (χ0n) is 11.8. The minimum absolute atomic E-state index is 0.341. The maximum absolute atomic E-state index is 11.2. The first-order valence-corrected chi connectivity index (χ1v) is 6.42. The van der Waals surface area contributed by atoms with Gasteiger partial charge < -0.3 is 14.3 Å². The zero-order chi connectivity index (χ0) is 14.8. The van der Waals surface area contributed by atoms with E-state index in [0.29, 0.717) is 17.9 Å². The van der Waals surface area contributed by atoms with Crippen LogP contribution in [0.3, 0.4) is 0 Å². The van der Waals surface area contributed by atoms with Gasteiger partial charge in [0.25, 0.3) is 0 Å². The molecule has 106 valence electrons. The lowest BCUT2D eigenvalue weighted by molar-refractivity contribution is 0.132. The SMILES string of the molecule is Cc1cc2ccc(=O)oc2cc1OCC=CC(C)(C)O. The fraction of sp³-hybridized carbons (Fsp3) is 0.312. The molecule has 2 aromatic rings. The van der Waals surface area contributed by atoms with Crippen LogP contribution in [0.25, 0.3) is 11.0 Å². The van der Waals surface area contributed by atoms with Gasteiger partial charge in [-0.3, -0.25) is 0 Å². The van der Waals surface area contributed by atoms with Crippen LogP contribution in [0.1, 0.15) is 19.4 Å². The Kier molecular flexibility index (Phi) is 3.95. The lowest BCUT2D eigenvalue weighted by Gasteiger charge is -2.11. The molecule has 1 heterocycles. The van der Waals surface area contributed by atoms with Crippen LogP contribution in [0.2, 0.25) is 0 Å². The van der Waals surface area contributed by atoms with Gasteiger partial charge in [0.1, 0.15) is 17.9 Å². The van der Waals surface area contributed by atoms with Gasteiger partial charge in [0, 0.05) is 17.5 Å². The molecule has 0 radical (unpaired) electrons. The molecule has 1 aromatic heterocycles. The number of aliphatic hydroxyl groups is 1. The van der Waals surface area contributed by atoms with Gasteiger partial charge in [-0.1, -0.05) is 6.08 Å². The molecule has 0 fully saturated rings. The number of aryl methyl sites for hydroxylation is 1. The second kappa shape index (κ2) is 5.51. The summed E-state index contributed by atoms with van der Waals surface area (Å²) in [7, 11) is 0. The third-order valence-corrected chi connectivity index (χ3v) is 2.78. The Morgan fingerprint density at radius 1 is 1.35 bits per heavy atom. The summed E-state index contributed by atoms with van der Waals surface area (Å²) in [6, 6.07) is 6.75. The molecule has 0 saturated carbocycles. The van der Waals surface area contributed by atoms with Crippen LogP contribution in [0, 0.1) is 6.92 Å². The summed E-state index contributed by atoms with van der Waals surface area (Å²) in [5, 5.41) is 10.4. The molecular formula is C16H18O4. The van der Waals surface area contributed by atoms with Crippen LogP contribution in [-0.2, 0) is 0 Å². The summed E-state index contributed by atoms with van der Waals surface area (Å²) in [4.78, 5) is 11.2. The summed E-state index contributed by atoms with van der Waals surface area (Å²) in [6.07, 6.45) is 3.42. The molecule has 0 amide bonds. The Morgan fingerprint density at radius 3 is 2.80 bits per heavy atom. The normalized spacial score (nSPS) is 12.2. The number of rotatable bonds is 4. The van der Waals surface area contributed by atoms with E-state index in [4.69, 9.17) is 9.15 Å². The molecule has 0 spiro atoms. The van der Waals surface area contributed by atoms with Gasteiger partial charge in [-0.2, -0.15) is 0 Å². The average molecular weight is 274 g/mol. The Morgan fingerprint density at radius 2 is 2.10 bits per heavy atom. The fourth-order valence-corrected chi connectivity index (χ4v) is 1.84. The molecule has 1 aromatic carbocycles. The smallest absolute Gasteiger partial charge is 0.336 e. The molecule has 4 heteroatoms. The number of ether oxygens (including phenoxy) is 1. The van der Waals surface area contributed by atoms with E-state index in [0.717, 1.165) is 10.9 Å². The van der Waals surface area contributed by atoms with Gasteiger partial charge in [0.2, 0.25) is 0 Å². The fourth-order valence-electron chi connectivity index (χ4n) is 1.84. The van der Waals surface area contributed by atoms with Crippen molar-refractivity contribution in [3.63, 3.8) is 0 Å². The van der Waals surface area contributed by atoms with Crippen LogP contribution in [0.5, 0.6) is 5.75 Å². The maximum Gasteiger partial charge on any atom is 0.336 e. The van der Waals surface area contributed by atoms with Crippen LogP contribution in [0.15, 0.2) is 45.6 Å². The van der Waals surface area contributed by atoms with E-state index in [-0.39, 0.29) is 5.63 Å². The van der Waals surface area contributed by atoms with Gasteiger partial charge >= 0.3 is 5.63 Å². The number of benzene rings is 1. The van der Waals surface area contributed by atoms with Crippen LogP contribution < -0.4 is 10.4 Å². The van der Waals surface area contributed by atoms with Crippen LogP contribution in [-0.4, -0.2) is 17.3 Å². The summed E-state index contributed by atoms with van der Waals surface area (Å²) < 4.78 is 10.7. The van der Waals surface area contributed by atoms with Crippen molar-refractivity contribution in [3.8, 4) is 5.75 Å². The summed E-state index contributed by atoms with van der Waals surface area (Å²) in [6.45, 7) is 5.66. The molecule has 0 saturated heterocycles. The summed E-state index contributed by atoms with van der Waals surface area (Å²) in [5.41, 5.74) is 0.232. The van der Waals surface area contributed by atoms with Crippen LogP contribution in [0.4, 0.5) is 0 Å². The third kappa shape index (κ3) is 3.71. The first-order valence-electron chi connectivity index (χ1n) is 6.42. The molecule has 0 unspecified atom stereocenters. The predicted molar refractivity (Wildman–Crippen MR) is 78.2 cm³/mol. The molecule has 2 rings (SSSR count). The summed E-state index contributed by atoms with van der Waals surface area (Å²) in [5.74, 6) is 0.659. The van der Waals surface area contributed by atoms with Crippen molar-refractivity contribution in [2.75, 3.05) is 6.61 Å². The molecule has 0 bridgehead atoms. The molecule has 4 nitrogen and oxygen atoms in total. The Labute approximate surface area is 117 Å². The topological polar surface area (TPSA) is 59.7 Å². The standard InChI is InChI=1S/C16H18O4/c1-11-9-12-5-6-15(17)20-14(12)10-13(11)19-8-4-7-16(2,3)18/h4-7,9-10,18H,8H2,1-3H3. The van der Waals surface area contributed by atoms with E-state index in [1.165, 1.54) is 6.07 Å². The molecule has 1 N–H and O–H groups in total. The highest BCUT2D eigenvalue weighted by molar-refractivity contribution is 5.79. The first-order chi connectivity index (χ1) is 9.35. The predicted octanol–water partition coefficient (Wildman–Crippen LogP) is 2.81. The van der Waals surface area contributed by atoms with Gasteiger partial charge in [-0.25, -0.2) is 4.79 Å².